The summed E-state index contributed by atoms with van der Waals surface area (Å²) in [6.07, 6.45) is 2.95. The summed E-state index contributed by atoms with van der Waals surface area (Å²) >= 11 is 0. The van der Waals surface area contributed by atoms with Crippen molar-refractivity contribution in [3.63, 3.8) is 0 Å². The van der Waals surface area contributed by atoms with Gasteiger partial charge in [0.05, 0.1) is 12.2 Å². The maximum absolute atomic E-state index is 13.1. The molecule has 2 aliphatic rings. The topological polar surface area (TPSA) is 74.1 Å². The maximum Gasteiger partial charge on any atom is 0.289 e. The Morgan fingerprint density at radius 2 is 1.57 bits per heavy atom. The van der Waals surface area contributed by atoms with Crippen LogP contribution in [0.15, 0.2) is 47.1 Å². The molecule has 2 aliphatic heterocycles. The monoisotopic (exact) mass is 413 g/mol. The maximum atomic E-state index is 13.1. The van der Waals surface area contributed by atoms with Gasteiger partial charge in [-0.1, -0.05) is 0 Å². The van der Waals surface area contributed by atoms with E-state index < -0.39 is 0 Å². The Morgan fingerprint density at radius 1 is 0.867 bits per heavy atom. The van der Waals surface area contributed by atoms with E-state index in [1.807, 2.05) is 0 Å². The summed E-state index contributed by atoms with van der Waals surface area (Å²) in [5.74, 6) is -0.658. The lowest BCUT2D eigenvalue weighted by Gasteiger charge is -2.38. The van der Waals surface area contributed by atoms with E-state index in [2.05, 4.69) is 0 Å². The fourth-order valence-corrected chi connectivity index (χ4v) is 4.08. The van der Waals surface area contributed by atoms with Crippen molar-refractivity contribution in [1.29, 1.82) is 0 Å². The summed E-state index contributed by atoms with van der Waals surface area (Å²) in [7, 11) is 0. The van der Waals surface area contributed by atoms with Gasteiger partial charge in [-0.2, -0.15) is 0 Å². The van der Waals surface area contributed by atoms with E-state index in [0.29, 0.717) is 50.6 Å². The number of furan rings is 1. The van der Waals surface area contributed by atoms with Crippen molar-refractivity contribution in [3.05, 3.63) is 59.8 Å². The molecule has 1 aromatic carbocycles. The van der Waals surface area contributed by atoms with Gasteiger partial charge in [0.1, 0.15) is 5.82 Å². The highest BCUT2D eigenvalue weighted by Crippen LogP contribution is 2.22. The number of rotatable bonds is 3. The molecule has 1 atom stereocenters. The number of piperidine rings is 1. The second-order valence-electron chi connectivity index (χ2n) is 7.69. The molecule has 2 aromatic rings. The number of piperazine rings is 1. The highest BCUT2D eigenvalue weighted by atomic mass is 19.1. The van der Waals surface area contributed by atoms with E-state index in [4.69, 9.17) is 4.42 Å². The fourth-order valence-electron chi connectivity index (χ4n) is 4.08. The molecule has 0 aliphatic carbocycles. The Hall–Kier alpha value is -3.16. The van der Waals surface area contributed by atoms with Crippen molar-refractivity contribution in [2.75, 3.05) is 39.3 Å². The third-order valence-corrected chi connectivity index (χ3v) is 5.76. The van der Waals surface area contributed by atoms with Crippen LogP contribution in [0, 0.1) is 11.7 Å². The highest BCUT2D eigenvalue weighted by Gasteiger charge is 2.33. The molecule has 0 spiro atoms. The molecule has 7 nitrogen and oxygen atoms in total. The second-order valence-corrected chi connectivity index (χ2v) is 7.69. The summed E-state index contributed by atoms with van der Waals surface area (Å²) in [5, 5.41) is 0. The highest BCUT2D eigenvalue weighted by molar-refractivity contribution is 5.95. The number of amides is 3. The predicted octanol–water partition coefficient (Wildman–Crippen LogP) is 2.26. The molecule has 2 fully saturated rings. The largest absolute Gasteiger partial charge is 0.459 e. The first-order valence-corrected chi connectivity index (χ1v) is 10.2. The summed E-state index contributed by atoms with van der Waals surface area (Å²) < 4.78 is 18.3. The van der Waals surface area contributed by atoms with Gasteiger partial charge in [0.25, 0.3) is 11.8 Å². The first-order chi connectivity index (χ1) is 14.5. The number of carbonyl (C=O) groups is 3. The smallest absolute Gasteiger partial charge is 0.289 e. The second kappa shape index (κ2) is 8.69. The van der Waals surface area contributed by atoms with Crippen molar-refractivity contribution >= 4 is 17.7 Å². The standard InChI is InChI=1S/C22H24FN3O4/c23-18-7-5-16(6-8-18)20(27)26-9-1-3-17(15-26)21(28)24-10-12-25(13-11-24)22(29)19-4-2-14-30-19/h2,4-8,14,17H,1,3,9-13,15H2. The van der Waals surface area contributed by atoms with Crippen LogP contribution in [0.2, 0.25) is 0 Å². The lowest BCUT2D eigenvalue weighted by molar-refractivity contribution is -0.138. The molecule has 1 aromatic heterocycles. The number of nitrogens with zero attached hydrogens (tertiary/aromatic N) is 3. The van der Waals surface area contributed by atoms with Crippen LogP contribution < -0.4 is 0 Å². The molecule has 0 radical (unpaired) electrons. The van der Waals surface area contributed by atoms with Gasteiger partial charge in [-0.15, -0.1) is 0 Å². The number of halogens is 1. The van der Waals surface area contributed by atoms with Crippen molar-refractivity contribution in [2.24, 2.45) is 5.92 Å². The first-order valence-electron chi connectivity index (χ1n) is 10.2. The SMILES string of the molecule is O=C(c1ccc(F)cc1)N1CCCC(C(=O)N2CCN(C(=O)c3ccco3)CC2)C1. The first kappa shape index (κ1) is 20.1. The summed E-state index contributed by atoms with van der Waals surface area (Å²) in [5.41, 5.74) is 0.426. The van der Waals surface area contributed by atoms with Crippen molar-refractivity contribution < 1.29 is 23.2 Å². The Labute approximate surface area is 174 Å². The van der Waals surface area contributed by atoms with Gasteiger partial charge in [0.2, 0.25) is 5.91 Å². The minimum Gasteiger partial charge on any atom is -0.459 e. The Balaban J connectivity index is 1.33. The summed E-state index contributed by atoms with van der Waals surface area (Å²) in [4.78, 5) is 43.3. The molecule has 3 amide bonds. The molecule has 30 heavy (non-hydrogen) atoms. The molecule has 0 saturated carbocycles. The zero-order valence-corrected chi connectivity index (χ0v) is 16.6. The Bertz CT molecular complexity index is 905. The van der Waals surface area contributed by atoms with Crippen LogP contribution in [0.3, 0.4) is 0 Å². The van der Waals surface area contributed by atoms with Crippen LogP contribution in [0.5, 0.6) is 0 Å². The van der Waals surface area contributed by atoms with Crippen LogP contribution in [0.4, 0.5) is 4.39 Å². The van der Waals surface area contributed by atoms with Gasteiger partial charge >= 0.3 is 0 Å². The van der Waals surface area contributed by atoms with E-state index in [1.165, 1.54) is 30.5 Å². The van der Waals surface area contributed by atoms with E-state index in [9.17, 15) is 18.8 Å². The van der Waals surface area contributed by atoms with Gasteiger partial charge in [0, 0.05) is 44.8 Å². The molecule has 8 heteroatoms. The zero-order chi connectivity index (χ0) is 21.1. The Morgan fingerprint density at radius 3 is 2.23 bits per heavy atom. The van der Waals surface area contributed by atoms with Gasteiger partial charge in [-0.25, -0.2) is 4.39 Å². The van der Waals surface area contributed by atoms with E-state index in [0.717, 1.165) is 12.8 Å². The average Bonchev–Trinajstić information content (AvgIpc) is 3.33. The van der Waals surface area contributed by atoms with E-state index in [1.54, 1.807) is 26.8 Å². The lowest BCUT2D eigenvalue weighted by Crippen LogP contribution is -2.54. The molecule has 2 saturated heterocycles. The quantitative estimate of drug-likeness (QED) is 0.774. The normalized spacial score (nSPS) is 19.6. The summed E-state index contributed by atoms with van der Waals surface area (Å²) in [6, 6.07) is 8.78. The van der Waals surface area contributed by atoms with Crippen LogP contribution in [0.25, 0.3) is 0 Å². The third-order valence-electron chi connectivity index (χ3n) is 5.76. The molecule has 1 unspecified atom stereocenters. The molecular formula is C22H24FN3O4. The zero-order valence-electron chi connectivity index (χ0n) is 16.6. The average molecular weight is 413 g/mol. The van der Waals surface area contributed by atoms with Crippen LogP contribution >= 0.6 is 0 Å². The van der Waals surface area contributed by atoms with Crippen LogP contribution in [0.1, 0.15) is 33.8 Å². The number of hydrogen-bond donors (Lipinski definition) is 0. The van der Waals surface area contributed by atoms with Crippen molar-refractivity contribution in [3.8, 4) is 0 Å². The van der Waals surface area contributed by atoms with E-state index >= 15 is 0 Å². The van der Waals surface area contributed by atoms with Crippen LogP contribution in [-0.4, -0.2) is 71.7 Å². The minimum atomic E-state index is -0.386. The van der Waals surface area contributed by atoms with Crippen LogP contribution in [-0.2, 0) is 4.79 Å². The molecule has 0 N–H and O–H groups in total. The molecule has 3 heterocycles. The molecule has 158 valence electrons. The van der Waals surface area contributed by atoms with Crippen molar-refractivity contribution in [2.45, 2.75) is 12.8 Å². The number of carbonyl (C=O) groups excluding carboxylic acids is 3. The number of hydrogen-bond acceptors (Lipinski definition) is 4. The fraction of sp³-hybridized carbons (Fsp3) is 0.409. The van der Waals surface area contributed by atoms with E-state index in [-0.39, 0.29) is 29.5 Å². The van der Waals surface area contributed by atoms with Crippen molar-refractivity contribution in [1.82, 2.24) is 14.7 Å². The van der Waals surface area contributed by atoms with Gasteiger partial charge in [-0.05, 0) is 49.2 Å². The molecule has 4 rings (SSSR count). The minimum absolute atomic E-state index is 0.0247. The Kier molecular flexibility index (Phi) is 5.83. The predicted molar refractivity (Wildman–Crippen MR) is 106 cm³/mol. The molecular weight excluding hydrogens is 389 g/mol. The van der Waals surface area contributed by atoms with Gasteiger partial charge in [0.15, 0.2) is 5.76 Å². The third kappa shape index (κ3) is 4.22. The van der Waals surface area contributed by atoms with Gasteiger partial charge in [-0.3, -0.25) is 14.4 Å². The summed E-state index contributed by atoms with van der Waals surface area (Å²) in [6.45, 7) is 2.79. The number of benzene rings is 1. The lowest BCUT2D eigenvalue weighted by atomic mass is 9.95. The number of likely N-dealkylation sites (tertiary alicyclic amines) is 1. The molecule has 0 bridgehead atoms. The van der Waals surface area contributed by atoms with Gasteiger partial charge < -0.3 is 19.1 Å².